The Hall–Kier alpha value is -0.0800. The second kappa shape index (κ2) is 6.05. The van der Waals surface area contributed by atoms with Crippen LogP contribution in [0.3, 0.4) is 0 Å². The second-order valence-electron chi connectivity index (χ2n) is 2.19. The Morgan fingerprint density at radius 3 is 2.67 bits per heavy atom. The highest BCUT2D eigenvalue weighted by atomic mass is 16.5. The molecular formula is C7H16O2. The Bertz CT molecular complexity index is 54.9. The Balaban J connectivity index is 2.95. The van der Waals surface area contributed by atoms with Crippen LogP contribution >= 0.6 is 0 Å². The van der Waals surface area contributed by atoms with E-state index in [-0.39, 0.29) is 6.61 Å². The summed E-state index contributed by atoms with van der Waals surface area (Å²) in [6.45, 7) is 4.76. The molecule has 2 nitrogen and oxygen atoms in total. The molecule has 0 bridgehead atoms. The predicted molar refractivity (Wildman–Crippen MR) is 37.4 cm³/mol. The SMILES string of the molecule is CCCC(C)OCCO. The third kappa shape index (κ3) is 5.80. The highest BCUT2D eigenvalue weighted by molar-refractivity contribution is 4.46. The summed E-state index contributed by atoms with van der Waals surface area (Å²) in [5, 5.41) is 8.36. The Morgan fingerprint density at radius 2 is 2.22 bits per heavy atom. The topological polar surface area (TPSA) is 29.5 Å². The van der Waals surface area contributed by atoms with Gasteiger partial charge in [-0.25, -0.2) is 0 Å². The Labute approximate surface area is 56.8 Å². The molecule has 1 atom stereocenters. The van der Waals surface area contributed by atoms with Gasteiger partial charge in [-0.05, 0) is 13.3 Å². The van der Waals surface area contributed by atoms with E-state index in [1.54, 1.807) is 0 Å². The van der Waals surface area contributed by atoms with Crippen LogP contribution in [0.1, 0.15) is 26.7 Å². The fourth-order valence-electron chi connectivity index (χ4n) is 0.744. The zero-order valence-corrected chi connectivity index (χ0v) is 6.26. The van der Waals surface area contributed by atoms with Crippen LogP contribution in [0.25, 0.3) is 0 Å². The molecule has 0 saturated heterocycles. The van der Waals surface area contributed by atoms with E-state index in [1.807, 2.05) is 6.92 Å². The Morgan fingerprint density at radius 1 is 1.56 bits per heavy atom. The molecule has 0 aromatic rings. The van der Waals surface area contributed by atoms with Gasteiger partial charge in [-0.1, -0.05) is 13.3 Å². The highest BCUT2D eigenvalue weighted by Gasteiger charge is 1.97. The van der Waals surface area contributed by atoms with Gasteiger partial charge in [0.15, 0.2) is 0 Å². The zero-order chi connectivity index (χ0) is 7.11. The van der Waals surface area contributed by atoms with E-state index in [0.29, 0.717) is 12.7 Å². The molecule has 9 heavy (non-hydrogen) atoms. The molecule has 56 valence electrons. The minimum atomic E-state index is 0.133. The van der Waals surface area contributed by atoms with Crippen molar-refractivity contribution in [3.8, 4) is 0 Å². The van der Waals surface area contributed by atoms with Crippen LogP contribution in [0.4, 0.5) is 0 Å². The molecule has 0 aliphatic heterocycles. The summed E-state index contributed by atoms with van der Waals surface area (Å²) >= 11 is 0. The zero-order valence-electron chi connectivity index (χ0n) is 6.26. The molecule has 0 heterocycles. The van der Waals surface area contributed by atoms with E-state index >= 15 is 0 Å². The lowest BCUT2D eigenvalue weighted by atomic mass is 10.2. The fraction of sp³-hybridized carbons (Fsp3) is 1.00. The van der Waals surface area contributed by atoms with Crippen LogP contribution in [-0.2, 0) is 4.74 Å². The number of hydrogen-bond acceptors (Lipinski definition) is 2. The maximum absolute atomic E-state index is 8.36. The first-order valence-corrected chi connectivity index (χ1v) is 3.53. The van der Waals surface area contributed by atoms with Crippen LogP contribution < -0.4 is 0 Å². The molecule has 0 aromatic heterocycles. The molecule has 0 aliphatic carbocycles. The van der Waals surface area contributed by atoms with Gasteiger partial charge in [-0.15, -0.1) is 0 Å². The number of hydrogen-bond donors (Lipinski definition) is 1. The van der Waals surface area contributed by atoms with E-state index < -0.39 is 0 Å². The molecule has 0 radical (unpaired) electrons. The molecule has 0 aromatic carbocycles. The normalized spacial score (nSPS) is 13.7. The van der Waals surface area contributed by atoms with Crippen molar-refractivity contribution in [2.24, 2.45) is 0 Å². The highest BCUT2D eigenvalue weighted by Crippen LogP contribution is 1.98. The van der Waals surface area contributed by atoms with Crippen molar-refractivity contribution in [1.82, 2.24) is 0 Å². The molecule has 0 rings (SSSR count). The van der Waals surface area contributed by atoms with Crippen molar-refractivity contribution >= 4 is 0 Å². The standard InChI is InChI=1S/C7H16O2/c1-3-4-7(2)9-6-5-8/h7-8H,3-6H2,1-2H3. The first-order valence-electron chi connectivity index (χ1n) is 3.53. The number of ether oxygens (including phenoxy) is 1. The van der Waals surface area contributed by atoms with Crippen molar-refractivity contribution in [3.05, 3.63) is 0 Å². The van der Waals surface area contributed by atoms with Gasteiger partial charge in [-0.3, -0.25) is 0 Å². The van der Waals surface area contributed by atoms with Crippen LogP contribution in [0, 0.1) is 0 Å². The summed E-state index contributed by atoms with van der Waals surface area (Å²) in [6.07, 6.45) is 2.54. The van der Waals surface area contributed by atoms with Crippen molar-refractivity contribution in [2.45, 2.75) is 32.8 Å². The maximum atomic E-state index is 8.36. The van der Waals surface area contributed by atoms with Gasteiger partial charge in [0, 0.05) is 0 Å². The van der Waals surface area contributed by atoms with Crippen molar-refractivity contribution in [2.75, 3.05) is 13.2 Å². The summed E-state index contributed by atoms with van der Waals surface area (Å²) in [6, 6.07) is 0. The maximum Gasteiger partial charge on any atom is 0.0701 e. The lowest BCUT2D eigenvalue weighted by Crippen LogP contribution is -2.10. The van der Waals surface area contributed by atoms with E-state index in [1.165, 1.54) is 0 Å². The van der Waals surface area contributed by atoms with Crippen LogP contribution in [0.2, 0.25) is 0 Å². The van der Waals surface area contributed by atoms with E-state index in [4.69, 9.17) is 9.84 Å². The van der Waals surface area contributed by atoms with E-state index in [2.05, 4.69) is 6.92 Å². The molecule has 0 fully saturated rings. The van der Waals surface area contributed by atoms with Gasteiger partial charge in [0.25, 0.3) is 0 Å². The average molecular weight is 132 g/mol. The number of aliphatic hydroxyl groups is 1. The molecule has 1 unspecified atom stereocenters. The van der Waals surface area contributed by atoms with Crippen LogP contribution in [0.15, 0.2) is 0 Å². The van der Waals surface area contributed by atoms with E-state index in [0.717, 1.165) is 12.8 Å². The minimum Gasteiger partial charge on any atom is -0.394 e. The summed E-state index contributed by atoms with van der Waals surface area (Å²) < 4.78 is 5.18. The van der Waals surface area contributed by atoms with Crippen molar-refractivity contribution in [3.63, 3.8) is 0 Å². The van der Waals surface area contributed by atoms with Crippen LogP contribution in [0.5, 0.6) is 0 Å². The average Bonchev–Trinajstić information content (AvgIpc) is 1.85. The molecule has 0 aliphatic rings. The van der Waals surface area contributed by atoms with Gasteiger partial charge in [0.05, 0.1) is 19.3 Å². The predicted octanol–water partition coefficient (Wildman–Crippen LogP) is 1.18. The lowest BCUT2D eigenvalue weighted by Gasteiger charge is -2.09. The van der Waals surface area contributed by atoms with Gasteiger partial charge in [0.1, 0.15) is 0 Å². The molecule has 1 N–H and O–H groups in total. The Kier molecular flexibility index (Phi) is 5.99. The van der Waals surface area contributed by atoms with Gasteiger partial charge in [0.2, 0.25) is 0 Å². The quantitative estimate of drug-likeness (QED) is 0.608. The molecule has 0 spiro atoms. The van der Waals surface area contributed by atoms with Gasteiger partial charge < -0.3 is 9.84 Å². The largest absolute Gasteiger partial charge is 0.394 e. The summed E-state index contributed by atoms with van der Waals surface area (Å²) in [4.78, 5) is 0. The molecule has 0 saturated carbocycles. The molecule has 2 heteroatoms. The summed E-state index contributed by atoms with van der Waals surface area (Å²) in [7, 11) is 0. The van der Waals surface area contributed by atoms with Crippen molar-refractivity contribution in [1.29, 1.82) is 0 Å². The number of aliphatic hydroxyl groups excluding tert-OH is 1. The first-order chi connectivity index (χ1) is 4.31. The summed E-state index contributed by atoms with van der Waals surface area (Å²) in [5.74, 6) is 0. The lowest BCUT2D eigenvalue weighted by molar-refractivity contribution is 0.0344. The smallest absolute Gasteiger partial charge is 0.0701 e. The molecule has 0 amide bonds. The van der Waals surface area contributed by atoms with Gasteiger partial charge >= 0.3 is 0 Å². The summed E-state index contributed by atoms with van der Waals surface area (Å²) in [5.41, 5.74) is 0. The monoisotopic (exact) mass is 132 g/mol. The van der Waals surface area contributed by atoms with Crippen molar-refractivity contribution < 1.29 is 9.84 Å². The minimum absolute atomic E-state index is 0.133. The van der Waals surface area contributed by atoms with E-state index in [9.17, 15) is 0 Å². The second-order valence-corrected chi connectivity index (χ2v) is 2.19. The first kappa shape index (κ1) is 8.92. The van der Waals surface area contributed by atoms with Gasteiger partial charge in [-0.2, -0.15) is 0 Å². The number of rotatable bonds is 5. The third-order valence-corrected chi connectivity index (χ3v) is 1.19. The van der Waals surface area contributed by atoms with Crippen LogP contribution in [-0.4, -0.2) is 24.4 Å². The molecular weight excluding hydrogens is 116 g/mol. The fourth-order valence-corrected chi connectivity index (χ4v) is 0.744. The third-order valence-electron chi connectivity index (χ3n) is 1.19.